The SMILES string of the molecule is CCNC(COc1cccc2ccc(C)nc12)C(C)(C)C. The molecule has 0 aliphatic rings. The smallest absolute Gasteiger partial charge is 0.145 e. The maximum Gasteiger partial charge on any atom is 0.145 e. The van der Waals surface area contributed by atoms with Crippen molar-refractivity contribution >= 4 is 10.9 Å². The number of ether oxygens (including phenoxy) is 1. The Kier molecular flexibility index (Phi) is 4.84. The van der Waals surface area contributed by atoms with E-state index in [1.807, 2.05) is 25.1 Å². The van der Waals surface area contributed by atoms with Gasteiger partial charge in [0.15, 0.2) is 0 Å². The first kappa shape index (κ1) is 15.8. The molecule has 2 aromatic rings. The van der Waals surface area contributed by atoms with Crippen molar-refractivity contribution in [2.24, 2.45) is 5.41 Å². The second-order valence-electron chi connectivity index (χ2n) is 6.57. The summed E-state index contributed by atoms with van der Waals surface area (Å²) >= 11 is 0. The van der Waals surface area contributed by atoms with E-state index in [2.05, 4.69) is 50.1 Å². The van der Waals surface area contributed by atoms with Crippen LogP contribution in [-0.2, 0) is 0 Å². The molecule has 1 atom stereocenters. The van der Waals surface area contributed by atoms with Crippen molar-refractivity contribution in [1.82, 2.24) is 10.3 Å². The van der Waals surface area contributed by atoms with E-state index in [0.717, 1.165) is 28.9 Å². The Balaban J connectivity index is 2.21. The van der Waals surface area contributed by atoms with Gasteiger partial charge in [0.2, 0.25) is 0 Å². The minimum absolute atomic E-state index is 0.157. The van der Waals surface area contributed by atoms with E-state index < -0.39 is 0 Å². The molecule has 2 rings (SSSR count). The maximum atomic E-state index is 6.09. The molecule has 1 unspecified atom stereocenters. The monoisotopic (exact) mass is 286 g/mol. The highest BCUT2D eigenvalue weighted by Crippen LogP contribution is 2.26. The van der Waals surface area contributed by atoms with Crippen molar-refractivity contribution in [3.63, 3.8) is 0 Å². The third-order valence-electron chi connectivity index (χ3n) is 3.72. The summed E-state index contributed by atoms with van der Waals surface area (Å²) in [7, 11) is 0. The number of aromatic nitrogens is 1. The van der Waals surface area contributed by atoms with Gasteiger partial charge in [0.25, 0.3) is 0 Å². The van der Waals surface area contributed by atoms with Gasteiger partial charge in [-0.05, 0) is 31.0 Å². The van der Waals surface area contributed by atoms with Crippen molar-refractivity contribution in [3.8, 4) is 5.75 Å². The van der Waals surface area contributed by atoms with Crippen LogP contribution >= 0.6 is 0 Å². The highest BCUT2D eigenvalue weighted by atomic mass is 16.5. The lowest BCUT2D eigenvalue weighted by Crippen LogP contribution is -2.44. The van der Waals surface area contributed by atoms with Crippen molar-refractivity contribution in [2.45, 2.75) is 40.7 Å². The number of pyridine rings is 1. The van der Waals surface area contributed by atoms with Gasteiger partial charge in [-0.2, -0.15) is 0 Å². The molecule has 21 heavy (non-hydrogen) atoms. The molecule has 0 aliphatic heterocycles. The summed E-state index contributed by atoms with van der Waals surface area (Å²) in [5, 5.41) is 4.63. The van der Waals surface area contributed by atoms with E-state index in [1.165, 1.54) is 0 Å². The van der Waals surface area contributed by atoms with Gasteiger partial charge in [-0.3, -0.25) is 0 Å². The second-order valence-corrected chi connectivity index (χ2v) is 6.57. The van der Waals surface area contributed by atoms with E-state index in [4.69, 9.17) is 4.74 Å². The van der Waals surface area contributed by atoms with Crippen molar-refractivity contribution in [3.05, 3.63) is 36.0 Å². The summed E-state index contributed by atoms with van der Waals surface area (Å²) in [5.74, 6) is 0.864. The molecule has 0 amide bonds. The number of rotatable bonds is 5. The van der Waals surface area contributed by atoms with E-state index in [9.17, 15) is 0 Å². The van der Waals surface area contributed by atoms with Crippen molar-refractivity contribution in [1.29, 1.82) is 0 Å². The Morgan fingerprint density at radius 1 is 1.19 bits per heavy atom. The van der Waals surface area contributed by atoms with Gasteiger partial charge >= 0.3 is 0 Å². The minimum atomic E-state index is 0.157. The summed E-state index contributed by atoms with van der Waals surface area (Å²) in [6.45, 7) is 12.4. The van der Waals surface area contributed by atoms with E-state index in [1.54, 1.807) is 0 Å². The molecule has 1 N–H and O–H groups in total. The van der Waals surface area contributed by atoms with Crippen LogP contribution < -0.4 is 10.1 Å². The van der Waals surface area contributed by atoms with Gasteiger partial charge < -0.3 is 10.1 Å². The summed E-state index contributed by atoms with van der Waals surface area (Å²) in [6.07, 6.45) is 0. The first-order chi connectivity index (χ1) is 9.91. The normalized spacial score (nSPS) is 13.4. The molecule has 0 fully saturated rings. The van der Waals surface area contributed by atoms with E-state index in [-0.39, 0.29) is 5.41 Å². The molecule has 0 aliphatic carbocycles. The molecule has 0 radical (unpaired) electrons. The lowest BCUT2D eigenvalue weighted by atomic mass is 9.87. The van der Waals surface area contributed by atoms with E-state index in [0.29, 0.717) is 12.6 Å². The van der Waals surface area contributed by atoms with Gasteiger partial charge in [-0.1, -0.05) is 45.9 Å². The Morgan fingerprint density at radius 2 is 1.95 bits per heavy atom. The number of hydrogen-bond donors (Lipinski definition) is 1. The van der Waals surface area contributed by atoms with Gasteiger partial charge in [0, 0.05) is 17.1 Å². The third-order valence-corrected chi connectivity index (χ3v) is 3.72. The lowest BCUT2D eigenvalue weighted by molar-refractivity contribution is 0.177. The summed E-state index contributed by atoms with van der Waals surface area (Å²) in [6, 6.07) is 10.5. The van der Waals surface area contributed by atoms with Crippen LogP contribution in [0.1, 0.15) is 33.4 Å². The average Bonchev–Trinajstić information content (AvgIpc) is 2.42. The molecular weight excluding hydrogens is 260 g/mol. The molecule has 1 heterocycles. The maximum absolute atomic E-state index is 6.09. The summed E-state index contributed by atoms with van der Waals surface area (Å²) < 4.78 is 6.09. The van der Waals surface area contributed by atoms with Crippen LogP contribution in [0.15, 0.2) is 30.3 Å². The molecule has 0 saturated carbocycles. The van der Waals surface area contributed by atoms with Crippen LogP contribution in [0.3, 0.4) is 0 Å². The molecule has 3 nitrogen and oxygen atoms in total. The molecule has 3 heteroatoms. The van der Waals surface area contributed by atoms with Crippen LogP contribution in [-0.4, -0.2) is 24.2 Å². The lowest BCUT2D eigenvalue weighted by Gasteiger charge is -2.31. The zero-order valence-electron chi connectivity index (χ0n) is 13.7. The van der Waals surface area contributed by atoms with Crippen molar-refractivity contribution in [2.75, 3.05) is 13.2 Å². The standard InChI is InChI=1S/C18H26N2O/c1-6-19-16(18(3,4)5)12-21-15-9-7-8-14-11-10-13(2)20-17(14)15/h7-11,16,19H,6,12H2,1-5H3. The Labute approximate surface area is 127 Å². The number of aryl methyl sites for hydroxylation is 1. The highest BCUT2D eigenvalue weighted by molar-refractivity contribution is 5.84. The first-order valence-corrected chi connectivity index (χ1v) is 7.64. The Hall–Kier alpha value is -1.61. The average molecular weight is 286 g/mol. The number of nitrogens with one attached hydrogen (secondary N) is 1. The van der Waals surface area contributed by atoms with Gasteiger partial charge in [0.05, 0.1) is 0 Å². The van der Waals surface area contributed by atoms with Crippen LogP contribution in [0.25, 0.3) is 10.9 Å². The van der Waals surface area contributed by atoms with Crippen molar-refractivity contribution < 1.29 is 4.74 Å². The molecule has 114 valence electrons. The first-order valence-electron chi connectivity index (χ1n) is 7.64. The summed E-state index contributed by atoms with van der Waals surface area (Å²) in [4.78, 5) is 4.62. The molecule has 0 spiro atoms. The van der Waals surface area contributed by atoms with Crippen LogP contribution in [0.5, 0.6) is 5.75 Å². The van der Waals surface area contributed by atoms with Gasteiger partial charge in [-0.15, -0.1) is 0 Å². The fourth-order valence-corrected chi connectivity index (χ4v) is 2.37. The molecule has 1 aromatic heterocycles. The molecular formula is C18H26N2O. The summed E-state index contributed by atoms with van der Waals surface area (Å²) in [5.41, 5.74) is 2.11. The quantitative estimate of drug-likeness (QED) is 0.903. The zero-order chi connectivity index (χ0) is 15.5. The van der Waals surface area contributed by atoms with Crippen LogP contribution in [0.2, 0.25) is 0 Å². The predicted octanol–water partition coefficient (Wildman–Crippen LogP) is 3.95. The number of nitrogens with zero attached hydrogens (tertiary/aromatic N) is 1. The predicted molar refractivity (Wildman–Crippen MR) is 88.9 cm³/mol. The Bertz CT molecular complexity index is 602. The number of hydrogen-bond acceptors (Lipinski definition) is 3. The van der Waals surface area contributed by atoms with Gasteiger partial charge in [0.1, 0.15) is 17.9 Å². The minimum Gasteiger partial charge on any atom is -0.490 e. The number of fused-ring (bicyclic) bond motifs is 1. The Morgan fingerprint density at radius 3 is 2.62 bits per heavy atom. The van der Waals surface area contributed by atoms with Gasteiger partial charge in [-0.25, -0.2) is 4.98 Å². The molecule has 0 bridgehead atoms. The number of likely N-dealkylation sites (N-methyl/N-ethyl adjacent to an activating group) is 1. The van der Waals surface area contributed by atoms with E-state index >= 15 is 0 Å². The number of para-hydroxylation sites is 1. The fourth-order valence-electron chi connectivity index (χ4n) is 2.37. The molecule has 1 aromatic carbocycles. The fraction of sp³-hybridized carbons (Fsp3) is 0.500. The topological polar surface area (TPSA) is 34.1 Å². The second kappa shape index (κ2) is 6.44. The zero-order valence-corrected chi connectivity index (χ0v) is 13.7. The third kappa shape index (κ3) is 3.94. The largest absolute Gasteiger partial charge is 0.490 e. The molecule has 0 saturated heterocycles. The highest BCUT2D eigenvalue weighted by Gasteiger charge is 2.24. The number of benzene rings is 1. The van der Waals surface area contributed by atoms with Crippen LogP contribution in [0.4, 0.5) is 0 Å². The van der Waals surface area contributed by atoms with Crippen LogP contribution in [0, 0.1) is 12.3 Å².